The molecule has 19 heavy (non-hydrogen) atoms. The predicted octanol–water partition coefficient (Wildman–Crippen LogP) is 4.45. The highest BCUT2D eigenvalue weighted by atomic mass is 15.1. The molecule has 0 atom stereocenters. The van der Waals surface area contributed by atoms with E-state index in [1.807, 2.05) is 0 Å². The second kappa shape index (κ2) is 12.9. The van der Waals surface area contributed by atoms with Crippen LogP contribution in [0.2, 0.25) is 0 Å². The largest absolute Gasteiger partial charge is 0.315 e. The summed E-state index contributed by atoms with van der Waals surface area (Å²) in [5.41, 5.74) is 0. The summed E-state index contributed by atoms with van der Waals surface area (Å²) in [6, 6.07) is 1.34. The second-order valence-corrected chi connectivity index (χ2v) is 6.51. The van der Waals surface area contributed by atoms with E-state index in [9.17, 15) is 0 Å². The molecule has 2 nitrogen and oxygen atoms in total. The Bertz CT molecular complexity index is 178. The Labute approximate surface area is 122 Å². The van der Waals surface area contributed by atoms with Crippen LogP contribution < -0.4 is 5.32 Å². The zero-order valence-corrected chi connectivity index (χ0v) is 14.2. The molecule has 1 N–H and O–H groups in total. The van der Waals surface area contributed by atoms with Gasteiger partial charge >= 0.3 is 0 Å². The van der Waals surface area contributed by atoms with E-state index in [4.69, 9.17) is 0 Å². The lowest BCUT2D eigenvalue weighted by atomic mass is 10.1. The Morgan fingerprint density at radius 2 is 1.21 bits per heavy atom. The molecule has 0 spiro atoms. The van der Waals surface area contributed by atoms with Crippen LogP contribution >= 0.6 is 0 Å². The molecule has 0 saturated heterocycles. The highest BCUT2D eigenvalue weighted by molar-refractivity contribution is 4.57. The van der Waals surface area contributed by atoms with Gasteiger partial charge in [0.15, 0.2) is 0 Å². The lowest BCUT2D eigenvalue weighted by molar-refractivity contribution is 0.267. The lowest BCUT2D eigenvalue weighted by Gasteiger charge is -2.20. The van der Waals surface area contributed by atoms with Crippen LogP contribution in [0.25, 0.3) is 0 Å². The van der Waals surface area contributed by atoms with Gasteiger partial charge in [-0.2, -0.15) is 0 Å². The maximum Gasteiger partial charge on any atom is 0.00355 e. The summed E-state index contributed by atoms with van der Waals surface area (Å²) in [6.45, 7) is 11.4. The third-order valence-corrected chi connectivity index (χ3v) is 3.87. The van der Waals surface area contributed by atoms with Crippen molar-refractivity contribution >= 4 is 0 Å². The van der Waals surface area contributed by atoms with Crippen molar-refractivity contribution in [3.63, 3.8) is 0 Å². The molecule has 0 aliphatic carbocycles. The molecular formula is C17H38N2. The molecule has 0 aromatic heterocycles. The highest BCUT2D eigenvalue weighted by Gasteiger charge is 2.01. The van der Waals surface area contributed by atoms with Crippen LogP contribution in [0.3, 0.4) is 0 Å². The molecule has 2 heteroatoms. The van der Waals surface area contributed by atoms with Crippen molar-refractivity contribution in [1.29, 1.82) is 0 Å². The van der Waals surface area contributed by atoms with Crippen LogP contribution in [0.15, 0.2) is 0 Å². The summed E-state index contributed by atoms with van der Waals surface area (Å²) in [5.74, 6) is 0. The van der Waals surface area contributed by atoms with Gasteiger partial charge in [0.1, 0.15) is 0 Å². The zero-order valence-electron chi connectivity index (χ0n) is 14.2. The molecule has 0 aliphatic heterocycles. The van der Waals surface area contributed by atoms with E-state index in [0.29, 0.717) is 12.1 Å². The Balaban J connectivity index is 3.07. The number of nitrogens with one attached hydrogen (secondary N) is 1. The molecule has 0 radical (unpaired) electrons. The summed E-state index contributed by atoms with van der Waals surface area (Å²) in [5, 5.41) is 3.48. The first-order chi connectivity index (χ1) is 9.04. The van der Waals surface area contributed by atoms with E-state index >= 15 is 0 Å². The normalized spacial score (nSPS) is 12.0. The van der Waals surface area contributed by atoms with Gasteiger partial charge in [0.2, 0.25) is 0 Å². The lowest BCUT2D eigenvalue weighted by Crippen LogP contribution is -2.27. The maximum absolute atomic E-state index is 3.48. The van der Waals surface area contributed by atoms with Gasteiger partial charge in [-0.1, -0.05) is 52.4 Å². The zero-order chi connectivity index (χ0) is 14.5. The summed E-state index contributed by atoms with van der Waals surface area (Å²) in [7, 11) is 2.23. The topological polar surface area (TPSA) is 15.3 Å². The minimum Gasteiger partial charge on any atom is -0.315 e. The fourth-order valence-electron chi connectivity index (χ4n) is 2.20. The fourth-order valence-corrected chi connectivity index (χ4v) is 2.20. The number of hydrogen-bond donors (Lipinski definition) is 1. The van der Waals surface area contributed by atoms with Crippen molar-refractivity contribution in [2.75, 3.05) is 20.1 Å². The van der Waals surface area contributed by atoms with Crippen LogP contribution in [0.4, 0.5) is 0 Å². The van der Waals surface area contributed by atoms with Crippen LogP contribution in [0.5, 0.6) is 0 Å². The van der Waals surface area contributed by atoms with Crippen molar-refractivity contribution in [2.45, 2.75) is 91.1 Å². The number of hydrogen-bond acceptors (Lipinski definition) is 2. The average molecular weight is 271 g/mol. The standard InChI is InChI=1S/C17H38N2/c1-16(2)18-14-12-10-8-6-7-9-11-13-15-19(5)17(3)4/h16-18H,6-15H2,1-5H3. The van der Waals surface area contributed by atoms with E-state index in [1.54, 1.807) is 0 Å². The Hall–Kier alpha value is -0.0800. The summed E-state index contributed by atoms with van der Waals surface area (Å²) < 4.78 is 0. The van der Waals surface area contributed by atoms with Gasteiger partial charge in [0, 0.05) is 12.1 Å². The first-order valence-corrected chi connectivity index (χ1v) is 8.47. The van der Waals surface area contributed by atoms with Crippen molar-refractivity contribution < 1.29 is 0 Å². The fraction of sp³-hybridized carbons (Fsp3) is 1.00. The molecule has 0 heterocycles. The Morgan fingerprint density at radius 1 is 0.737 bits per heavy atom. The summed E-state index contributed by atoms with van der Waals surface area (Å²) >= 11 is 0. The third-order valence-electron chi connectivity index (χ3n) is 3.87. The first kappa shape index (κ1) is 18.9. The van der Waals surface area contributed by atoms with Crippen LogP contribution in [0, 0.1) is 0 Å². The van der Waals surface area contributed by atoms with Gasteiger partial charge in [0.05, 0.1) is 0 Å². The van der Waals surface area contributed by atoms with Crippen LogP contribution in [-0.2, 0) is 0 Å². The van der Waals surface area contributed by atoms with Crippen molar-refractivity contribution in [3.8, 4) is 0 Å². The van der Waals surface area contributed by atoms with Crippen LogP contribution in [0.1, 0.15) is 79.1 Å². The molecule has 0 fully saturated rings. The molecule has 0 unspecified atom stereocenters. The van der Waals surface area contributed by atoms with Gasteiger partial charge in [-0.05, 0) is 46.8 Å². The third kappa shape index (κ3) is 14.1. The van der Waals surface area contributed by atoms with Gasteiger partial charge < -0.3 is 10.2 Å². The monoisotopic (exact) mass is 270 g/mol. The number of nitrogens with zero attached hydrogens (tertiary/aromatic N) is 1. The van der Waals surface area contributed by atoms with Crippen molar-refractivity contribution in [3.05, 3.63) is 0 Å². The molecule has 0 aromatic rings. The van der Waals surface area contributed by atoms with Gasteiger partial charge in [-0.3, -0.25) is 0 Å². The van der Waals surface area contributed by atoms with Gasteiger partial charge in [-0.15, -0.1) is 0 Å². The second-order valence-electron chi connectivity index (χ2n) is 6.51. The molecule has 0 aromatic carbocycles. The van der Waals surface area contributed by atoms with E-state index in [-0.39, 0.29) is 0 Å². The minimum absolute atomic E-state index is 0.643. The smallest absolute Gasteiger partial charge is 0.00355 e. The quantitative estimate of drug-likeness (QED) is 0.498. The van der Waals surface area contributed by atoms with E-state index in [2.05, 4.69) is 45.0 Å². The maximum atomic E-state index is 3.48. The molecular weight excluding hydrogens is 232 g/mol. The Kier molecular flexibility index (Phi) is 12.9. The number of rotatable bonds is 13. The van der Waals surface area contributed by atoms with Crippen molar-refractivity contribution in [2.24, 2.45) is 0 Å². The predicted molar refractivity (Wildman–Crippen MR) is 87.8 cm³/mol. The van der Waals surface area contributed by atoms with Crippen LogP contribution in [-0.4, -0.2) is 37.1 Å². The molecule has 0 rings (SSSR count). The molecule has 0 amide bonds. The summed E-state index contributed by atoms with van der Waals surface area (Å²) in [4.78, 5) is 2.45. The highest BCUT2D eigenvalue weighted by Crippen LogP contribution is 2.09. The SMILES string of the molecule is CC(C)NCCCCCCCCCCN(C)C(C)C. The minimum atomic E-state index is 0.643. The van der Waals surface area contributed by atoms with Gasteiger partial charge in [-0.25, -0.2) is 0 Å². The average Bonchev–Trinajstić information content (AvgIpc) is 2.35. The van der Waals surface area contributed by atoms with Gasteiger partial charge in [0.25, 0.3) is 0 Å². The van der Waals surface area contributed by atoms with E-state index < -0.39 is 0 Å². The molecule has 0 aliphatic rings. The Morgan fingerprint density at radius 3 is 1.68 bits per heavy atom. The van der Waals surface area contributed by atoms with E-state index in [1.165, 1.54) is 64.5 Å². The molecule has 0 saturated carbocycles. The first-order valence-electron chi connectivity index (χ1n) is 8.47. The van der Waals surface area contributed by atoms with Crippen molar-refractivity contribution in [1.82, 2.24) is 10.2 Å². The summed E-state index contributed by atoms with van der Waals surface area (Å²) in [6.07, 6.45) is 11.2. The molecule has 0 bridgehead atoms. The number of unbranched alkanes of at least 4 members (excludes halogenated alkanes) is 7. The molecule has 116 valence electrons. The van der Waals surface area contributed by atoms with E-state index in [0.717, 1.165) is 0 Å².